The second-order valence-corrected chi connectivity index (χ2v) is 13.5. The van der Waals surface area contributed by atoms with Crippen LogP contribution in [0.25, 0.3) is 55.4 Å². The van der Waals surface area contributed by atoms with Gasteiger partial charge in [0, 0.05) is 37.0 Å². The average Bonchev–Trinajstić information content (AvgIpc) is 3.77. The van der Waals surface area contributed by atoms with Crippen molar-refractivity contribution in [2.45, 2.75) is 6.92 Å². The Morgan fingerprint density at radius 3 is 1.60 bits per heavy atom. The number of aromatic nitrogens is 6. The number of hydrogen-bond donors (Lipinski definition) is 4. The number of hydrogen-bond acceptors (Lipinski definition) is 12. The van der Waals surface area contributed by atoms with Crippen molar-refractivity contribution in [1.29, 1.82) is 0 Å². The summed E-state index contributed by atoms with van der Waals surface area (Å²) in [5.41, 5.74) is 9.06. The number of carbonyl (C=O) groups is 2. The quantitative estimate of drug-likeness (QED) is 0.0619. The first-order chi connectivity index (χ1) is 26.7. The SMILES string of the molecule is CCOC(=O)c1cc2ccc(NCCN(C)C)nc2n2c1nc1ccccc12.CN(C)CCNc1ccc2cc(C(=O)NN)c3nc4ccccc4n3c2n1. The van der Waals surface area contributed by atoms with E-state index in [1.807, 2.05) is 116 Å². The summed E-state index contributed by atoms with van der Waals surface area (Å²) >= 11 is 0. The smallest absolute Gasteiger partial charge is 0.341 e. The maximum atomic E-state index is 12.5. The Labute approximate surface area is 317 Å². The highest BCUT2D eigenvalue weighted by atomic mass is 16.5. The van der Waals surface area contributed by atoms with E-state index in [9.17, 15) is 9.59 Å². The van der Waals surface area contributed by atoms with Crippen LogP contribution < -0.4 is 21.9 Å². The third kappa shape index (κ3) is 7.53. The van der Waals surface area contributed by atoms with Crippen molar-refractivity contribution in [3.05, 3.63) is 96.1 Å². The second kappa shape index (κ2) is 15.9. The van der Waals surface area contributed by atoms with E-state index in [0.717, 1.165) is 81.9 Å². The molecule has 55 heavy (non-hydrogen) atoms. The number of nitrogens with zero attached hydrogens (tertiary/aromatic N) is 8. The summed E-state index contributed by atoms with van der Waals surface area (Å²) in [5.74, 6) is 6.18. The van der Waals surface area contributed by atoms with Crippen LogP contribution in [0.5, 0.6) is 0 Å². The molecule has 8 rings (SSSR count). The van der Waals surface area contributed by atoms with Crippen LogP contribution in [0.2, 0.25) is 0 Å². The molecule has 0 aliphatic carbocycles. The summed E-state index contributed by atoms with van der Waals surface area (Å²) in [6.07, 6.45) is 0. The van der Waals surface area contributed by atoms with E-state index in [1.54, 1.807) is 13.0 Å². The first-order valence-electron chi connectivity index (χ1n) is 18.0. The van der Waals surface area contributed by atoms with Gasteiger partial charge in [0.25, 0.3) is 5.91 Å². The zero-order valence-electron chi connectivity index (χ0n) is 31.5. The highest BCUT2D eigenvalue weighted by Crippen LogP contribution is 2.28. The number of esters is 1. The van der Waals surface area contributed by atoms with Gasteiger partial charge in [0.1, 0.15) is 28.5 Å². The Balaban J connectivity index is 0.000000169. The number of nitrogens with two attached hydrogens (primary N) is 1. The molecule has 0 radical (unpaired) electrons. The van der Waals surface area contributed by atoms with Crippen molar-refractivity contribution in [3.8, 4) is 0 Å². The minimum Gasteiger partial charge on any atom is -0.462 e. The number of benzene rings is 2. The number of carbonyl (C=O) groups excluding carboxylic acids is 2. The molecule has 0 saturated heterocycles. The monoisotopic (exact) mass is 740 g/mol. The number of para-hydroxylation sites is 4. The lowest BCUT2D eigenvalue weighted by Gasteiger charge is -2.12. The predicted molar refractivity (Wildman–Crippen MR) is 218 cm³/mol. The van der Waals surface area contributed by atoms with Crippen LogP contribution >= 0.6 is 0 Å². The number of pyridine rings is 4. The highest BCUT2D eigenvalue weighted by Gasteiger charge is 2.20. The molecule has 5 N–H and O–H groups in total. The summed E-state index contributed by atoms with van der Waals surface area (Å²) in [6, 6.07) is 26.9. The lowest BCUT2D eigenvalue weighted by Crippen LogP contribution is -2.30. The normalized spacial score (nSPS) is 11.6. The van der Waals surface area contributed by atoms with Crippen LogP contribution in [0.3, 0.4) is 0 Å². The molecule has 2 aromatic carbocycles. The number of likely N-dealkylation sites (N-methyl/N-ethyl adjacent to an activating group) is 2. The lowest BCUT2D eigenvalue weighted by atomic mass is 10.2. The number of nitrogens with one attached hydrogen (secondary N) is 3. The fourth-order valence-electron chi connectivity index (χ4n) is 6.40. The van der Waals surface area contributed by atoms with E-state index >= 15 is 0 Å². The molecular weight excluding hydrogens is 697 g/mol. The molecule has 282 valence electrons. The standard InChI is InChI=1S/C21H23N5O2.C19H21N7O/c1-4-28-21(27)15-13-14-9-10-18(22-11-12-25(2)3)24-19(14)26-17-8-6-5-7-16(17)23-20(15)26;1-25(2)10-9-21-16-8-7-12-11-13(19(27)24-20)18-22-14-5-3-4-6-15(14)26(18)17(12)23-16/h5-10,13H,4,11-12H2,1-3H3,(H,22,24);3-8,11H,9-10,20H2,1-2H3,(H,21,23)(H,24,27). The molecule has 0 aliphatic heterocycles. The molecule has 1 amide bonds. The van der Waals surface area contributed by atoms with Crippen LogP contribution in [0, 0.1) is 0 Å². The molecule has 6 aromatic heterocycles. The van der Waals surface area contributed by atoms with Crippen molar-refractivity contribution >= 4 is 78.9 Å². The topological polar surface area (TPSA) is 172 Å². The summed E-state index contributed by atoms with van der Waals surface area (Å²) in [7, 11) is 8.13. The highest BCUT2D eigenvalue weighted by molar-refractivity contribution is 6.06. The van der Waals surface area contributed by atoms with E-state index in [4.69, 9.17) is 20.5 Å². The first-order valence-corrected chi connectivity index (χ1v) is 18.0. The van der Waals surface area contributed by atoms with Gasteiger partial charge in [0.05, 0.1) is 34.2 Å². The van der Waals surface area contributed by atoms with Crippen LogP contribution in [0.15, 0.2) is 84.9 Å². The molecule has 0 atom stereocenters. The summed E-state index contributed by atoms with van der Waals surface area (Å²) in [5, 5.41) is 8.38. The zero-order chi connectivity index (χ0) is 38.6. The summed E-state index contributed by atoms with van der Waals surface area (Å²) < 4.78 is 9.10. The molecule has 0 aliphatic rings. The van der Waals surface area contributed by atoms with Crippen molar-refractivity contribution < 1.29 is 14.3 Å². The maximum Gasteiger partial charge on any atom is 0.341 e. The minimum absolute atomic E-state index is 0.316. The van der Waals surface area contributed by atoms with Gasteiger partial charge in [-0.15, -0.1) is 0 Å². The molecule has 0 saturated carbocycles. The zero-order valence-corrected chi connectivity index (χ0v) is 31.5. The molecule has 0 bridgehead atoms. The Hall–Kier alpha value is -6.42. The fraction of sp³-hybridized carbons (Fsp3) is 0.250. The molecule has 8 aromatic rings. The summed E-state index contributed by atoms with van der Waals surface area (Å²) in [6.45, 7) is 5.50. The third-order valence-electron chi connectivity index (χ3n) is 9.04. The van der Waals surface area contributed by atoms with E-state index in [-0.39, 0.29) is 11.9 Å². The Kier molecular flexibility index (Phi) is 10.7. The van der Waals surface area contributed by atoms with Gasteiger partial charge in [0.15, 0.2) is 11.3 Å². The molecule has 15 heteroatoms. The van der Waals surface area contributed by atoms with Crippen molar-refractivity contribution in [3.63, 3.8) is 0 Å². The van der Waals surface area contributed by atoms with Crippen LogP contribution in [0.1, 0.15) is 27.6 Å². The second-order valence-electron chi connectivity index (χ2n) is 13.5. The van der Waals surface area contributed by atoms with Crippen LogP contribution in [-0.4, -0.2) is 111 Å². The number of nitrogen functional groups attached to an aromatic ring is 1. The number of ether oxygens (including phenoxy) is 1. The Morgan fingerprint density at radius 1 is 0.655 bits per heavy atom. The van der Waals surface area contributed by atoms with Gasteiger partial charge in [0.2, 0.25) is 0 Å². The number of imidazole rings is 2. The van der Waals surface area contributed by atoms with Crippen molar-refractivity contribution in [2.75, 3.05) is 71.6 Å². The van der Waals surface area contributed by atoms with Gasteiger partial charge in [-0.05, 0) is 95.8 Å². The number of hydrazine groups is 1. The molecule has 0 spiro atoms. The van der Waals surface area contributed by atoms with E-state index < -0.39 is 0 Å². The van der Waals surface area contributed by atoms with E-state index in [2.05, 4.69) is 35.8 Å². The van der Waals surface area contributed by atoms with E-state index in [0.29, 0.717) is 29.0 Å². The van der Waals surface area contributed by atoms with Crippen molar-refractivity contribution in [2.24, 2.45) is 5.84 Å². The predicted octanol–water partition coefficient (Wildman–Crippen LogP) is 4.80. The third-order valence-corrected chi connectivity index (χ3v) is 9.04. The lowest BCUT2D eigenvalue weighted by molar-refractivity contribution is 0.0528. The number of rotatable bonds is 11. The van der Waals surface area contributed by atoms with Gasteiger partial charge in [-0.2, -0.15) is 0 Å². The van der Waals surface area contributed by atoms with Gasteiger partial charge in [-0.3, -0.25) is 19.0 Å². The Morgan fingerprint density at radius 2 is 1.13 bits per heavy atom. The van der Waals surface area contributed by atoms with E-state index in [1.165, 1.54) is 0 Å². The first kappa shape index (κ1) is 36.9. The van der Waals surface area contributed by atoms with Crippen molar-refractivity contribution in [1.82, 2.24) is 44.0 Å². The van der Waals surface area contributed by atoms with Gasteiger partial charge >= 0.3 is 5.97 Å². The largest absolute Gasteiger partial charge is 0.462 e. The maximum absolute atomic E-state index is 12.5. The number of amides is 1. The summed E-state index contributed by atoms with van der Waals surface area (Å²) in [4.78, 5) is 47.9. The Bertz CT molecular complexity index is 2680. The number of anilines is 2. The minimum atomic E-state index is -0.384. The van der Waals surface area contributed by atoms with Gasteiger partial charge in [-0.25, -0.2) is 30.6 Å². The van der Waals surface area contributed by atoms with Crippen LogP contribution in [0.4, 0.5) is 11.6 Å². The van der Waals surface area contributed by atoms with Crippen LogP contribution in [-0.2, 0) is 4.74 Å². The fourth-order valence-corrected chi connectivity index (χ4v) is 6.40. The molecule has 6 heterocycles. The number of fused-ring (bicyclic) bond motifs is 10. The average molecular weight is 741 g/mol. The molecule has 0 unspecified atom stereocenters. The molecule has 15 nitrogen and oxygen atoms in total. The van der Waals surface area contributed by atoms with Gasteiger partial charge < -0.3 is 25.2 Å². The molecular formula is C40H44N12O3. The van der Waals surface area contributed by atoms with Gasteiger partial charge in [-0.1, -0.05) is 24.3 Å². The molecule has 0 fully saturated rings.